The van der Waals surface area contributed by atoms with Crippen LogP contribution in [0.15, 0.2) is 17.6 Å². The first kappa shape index (κ1) is 18.5. The zero-order valence-corrected chi connectivity index (χ0v) is 16.3. The highest BCUT2D eigenvalue weighted by Gasteiger charge is 2.25. The molecular weight excluding hydrogens is 362 g/mol. The third-order valence-corrected chi connectivity index (χ3v) is 6.83. The van der Waals surface area contributed by atoms with Gasteiger partial charge in [0, 0.05) is 17.1 Å². The van der Waals surface area contributed by atoms with Gasteiger partial charge in [0.2, 0.25) is 0 Å². The molecule has 6 nitrogen and oxygen atoms in total. The van der Waals surface area contributed by atoms with E-state index in [2.05, 4.69) is 21.4 Å². The second-order valence-electron chi connectivity index (χ2n) is 7.74. The van der Waals surface area contributed by atoms with E-state index in [9.17, 15) is 13.2 Å². The van der Waals surface area contributed by atoms with E-state index in [1.165, 1.54) is 22.3 Å². The van der Waals surface area contributed by atoms with Crippen LogP contribution in [0.4, 0.5) is 10.5 Å². The second kappa shape index (κ2) is 7.64. The van der Waals surface area contributed by atoms with Gasteiger partial charge in [-0.25, -0.2) is 17.9 Å². The summed E-state index contributed by atoms with van der Waals surface area (Å²) in [4.78, 5) is 12.4. The van der Waals surface area contributed by atoms with Crippen molar-refractivity contribution in [1.82, 2.24) is 10.0 Å². The molecule has 146 valence electrons. The summed E-state index contributed by atoms with van der Waals surface area (Å²) in [6.45, 7) is 0.984. The average Bonchev–Trinajstić information content (AvgIpc) is 3.34. The summed E-state index contributed by atoms with van der Waals surface area (Å²) in [6, 6.07) is 1.94. The van der Waals surface area contributed by atoms with Gasteiger partial charge < -0.3 is 10.6 Å². The number of urea groups is 1. The first-order chi connectivity index (χ1) is 13.0. The molecule has 1 unspecified atom stereocenters. The van der Waals surface area contributed by atoms with Gasteiger partial charge in [-0.05, 0) is 86.6 Å². The van der Waals surface area contributed by atoms with Crippen molar-refractivity contribution < 1.29 is 13.2 Å². The molecule has 3 N–H and O–H groups in total. The summed E-state index contributed by atoms with van der Waals surface area (Å²) >= 11 is 0. The van der Waals surface area contributed by atoms with Crippen molar-refractivity contribution in [2.75, 3.05) is 11.9 Å². The molecule has 1 fully saturated rings. The number of carbonyl (C=O) groups excluding carboxylic acids is 1. The van der Waals surface area contributed by atoms with E-state index in [-0.39, 0.29) is 0 Å². The van der Waals surface area contributed by atoms with Crippen molar-refractivity contribution in [2.24, 2.45) is 0 Å². The van der Waals surface area contributed by atoms with Crippen molar-refractivity contribution >= 4 is 21.7 Å². The number of aryl methyl sites for hydroxylation is 2. The predicted octanol–water partition coefficient (Wildman–Crippen LogP) is 2.77. The van der Waals surface area contributed by atoms with Crippen molar-refractivity contribution in [3.05, 3.63) is 39.8 Å². The summed E-state index contributed by atoms with van der Waals surface area (Å²) in [5.74, 6) is 0. The van der Waals surface area contributed by atoms with Crippen LogP contribution in [0.1, 0.15) is 54.4 Å². The van der Waals surface area contributed by atoms with Crippen LogP contribution in [-0.4, -0.2) is 27.0 Å². The van der Waals surface area contributed by atoms with E-state index < -0.39 is 16.1 Å². The maximum absolute atomic E-state index is 12.4. The lowest BCUT2D eigenvalue weighted by Gasteiger charge is -2.16. The van der Waals surface area contributed by atoms with Crippen LogP contribution in [0, 0.1) is 0 Å². The number of carbonyl (C=O) groups is 1. The molecule has 0 spiro atoms. The Labute approximate surface area is 160 Å². The van der Waals surface area contributed by atoms with Crippen LogP contribution >= 0.6 is 0 Å². The lowest BCUT2D eigenvalue weighted by molar-refractivity contribution is 0.256. The van der Waals surface area contributed by atoms with Crippen LogP contribution < -0.4 is 15.4 Å². The van der Waals surface area contributed by atoms with Crippen molar-refractivity contribution in [1.29, 1.82) is 0 Å². The SMILES string of the molecule is O=C(Nc1c2c(cc3c1CCC3)CCC2)NS(=O)(=O)C=CCC1CCCN1. The third-order valence-electron chi connectivity index (χ3n) is 5.80. The number of hydrogen-bond donors (Lipinski definition) is 3. The van der Waals surface area contributed by atoms with Crippen molar-refractivity contribution in [3.8, 4) is 0 Å². The van der Waals surface area contributed by atoms with E-state index >= 15 is 0 Å². The molecule has 4 rings (SSSR count). The monoisotopic (exact) mass is 389 g/mol. The Bertz CT molecular complexity index is 839. The summed E-state index contributed by atoms with van der Waals surface area (Å²) in [5, 5.41) is 7.28. The highest BCUT2D eigenvalue weighted by atomic mass is 32.2. The van der Waals surface area contributed by atoms with Crippen molar-refractivity contribution in [3.63, 3.8) is 0 Å². The first-order valence-electron chi connectivity index (χ1n) is 9.92. The number of anilines is 1. The molecule has 0 bridgehead atoms. The Morgan fingerprint density at radius 2 is 1.81 bits per heavy atom. The van der Waals surface area contributed by atoms with E-state index in [0.29, 0.717) is 12.5 Å². The van der Waals surface area contributed by atoms with E-state index in [4.69, 9.17) is 0 Å². The summed E-state index contributed by atoms with van der Waals surface area (Å²) in [7, 11) is -3.79. The number of fused-ring (bicyclic) bond motifs is 2. The Morgan fingerprint density at radius 1 is 1.11 bits per heavy atom. The highest BCUT2D eigenvalue weighted by Crippen LogP contribution is 2.38. The molecular formula is C20H27N3O3S. The minimum absolute atomic E-state index is 0.333. The molecule has 1 heterocycles. The lowest BCUT2D eigenvalue weighted by Crippen LogP contribution is -2.33. The number of rotatable bonds is 5. The molecule has 0 saturated carbocycles. The molecule has 3 aliphatic rings. The lowest BCUT2D eigenvalue weighted by atomic mass is 9.99. The molecule has 7 heteroatoms. The Morgan fingerprint density at radius 3 is 2.44 bits per heavy atom. The van der Waals surface area contributed by atoms with Gasteiger partial charge in [-0.3, -0.25) is 0 Å². The largest absolute Gasteiger partial charge is 0.333 e. The Kier molecular flexibility index (Phi) is 5.23. The van der Waals surface area contributed by atoms with Gasteiger partial charge in [0.15, 0.2) is 0 Å². The maximum atomic E-state index is 12.4. The number of nitrogens with one attached hydrogen (secondary N) is 3. The molecule has 0 aromatic heterocycles. The molecule has 1 aromatic carbocycles. The van der Waals surface area contributed by atoms with Gasteiger partial charge in [-0.1, -0.05) is 12.1 Å². The van der Waals surface area contributed by atoms with Crippen LogP contribution in [0.5, 0.6) is 0 Å². The van der Waals surface area contributed by atoms with Crippen LogP contribution in [0.2, 0.25) is 0 Å². The van der Waals surface area contributed by atoms with Gasteiger partial charge >= 0.3 is 6.03 Å². The number of hydrogen-bond acceptors (Lipinski definition) is 4. The topological polar surface area (TPSA) is 87.3 Å². The van der Waals surface area contributed by atoms with Gasteiger partial charge in [0.1, 0.15) is 0 Å². The average molecular weight is 390 g/mol. The molecule has 0 radical (unpaired) electrons. The summed E-state index contributed by atoms with van der Waals surface area (Å²) in [5.41, 5.74) is 5.83. The van der Waals surface area contributed by atoms with Gasteiger partial charge in [-0.15, -0.1) is 0 Å². The smallest absolute Gasteiger partial charge is 0.314 e. The van der Waals surface area contributed by atoms with Crippen molar-refractivity contribution in [2.45, 2.75) is 63.8 Å². The molecule has 1 aromatic rings. The second-order valence-corrected chi connectivity index (χ2v) is 9.30. The minimum atomic E-state index is -3.79. The fraction of sp³-hybridized carbons (Fsp3) is 0.550. The van der Waals surface area contributed by atoms with Crippen LogP contribution in [0.3, 0.4) is 0 Å². The molecule has 1 saturated heterocycles. The quantitative estimate of drug-likeness (QED) is 0.723. The zero-order valence-electron chi connectivity index (χ0n) is 15.5. The Balaban J connectivity index is 1.43. The van der Waals surface area contributed by atoms with E-state index in [0.717, 1.165) is 69.0 Å². The van der Waals surface area contributed by atoms with Gasteiger partial charge in [0.05, 0.1) is 0 Å². The maximum Gasteiger partial charge on any atom is 0.333 e. The van der Waals surface area contributed by atoms with Gasteiger partial charge in [0.25, 0.3) is 10.0 Å². The van der Waals surface area contributed by atoms with Crippen LogP contribution in [-0.2, 0) is 35.7 Å². The molecule has 2 aliphatic carbocycles. The molecule has 1 atom stereocenters. The fourth-order valence-corrected chi connectivity index (χ4v) is 5.32. The van der Waals surface area contributed by atoms with Crippen LogP contribution in [0.25, 0.3) is 0 Å². The predicted molar refractivity (Wildman–Crippen MR) is 106 cm³/mol. The number of benzene rings is 1. The number of amides is 2. The van der Waals surface area contributed by atoms with Gasteiger partial charge in [-0.2, -0.15) is 0 Å². The van der Waals surface area contributed by atoms with E-state index in [1.54, 1.807) is 6.08 Å². The standard InChI is InChI=1S/C20H27N3O3S/c24-20(23-27(25,26)12-4-8-16-7-3-11-21-16)22-19-17-9-1-5-14(17)13-15-6-2-10-18(15)19/h4,12-13,16,21H,1-3,5-11H2,(H2,22,23,24). The fourth-order valence-electron chi connectivity index (χ4n) is 4.57. The summed E-state index contributed by atoms with van der Waals surface area (Å²) < 4.78 is 26.5. The summed E-state index contributed by atoms with van der Waals surface area (Å²) in [6.07, 6.45) is 10.6. The molecule has 1 aliphatic heterocycles. The minimum Gasteiger partial charge on any atom is -0.314 e. The third kappa shape index (κ3) is 4.19. The Hall–Kier alpha value is -1.86. The molecule has 2 amide bonds. The molecule has 27 heavy (non-hydrogen) atoms. The normalized spacial score (nSPS) is 21.4. The first-order valence-corrected chi connectivity index (χ1v) is 11.5. The number of sulfonamides is 1. The highest BCUT2D eigenvalue weighted by molar-refractivity contribution is 7.92. The van der Waals surface area contributed by atoms with E-state index in [1.807, 2.05) is 0 Å². The zero-order chi connectivity index (χ0) is 18.9.